The summed E-state index contributed by atoms with van der Waals surface area (Å²) in [5.74, 6) is -0.289. The lowest BCUT2D eigenvalue weighted by molar-refractivity contribution is 0.102. The fourth-order valence-electron chi connectivity index (χ4n) is 1.31. The van der Waals surface area contributed by atoms with E-state index in [-0.39, 0.29) is 5.91 Å². The molecule has 0 saturated carbocycles. The van der Waals surface area contributed by atoms with Crippen LogP contribution in [0.25, 0.3) is 0 Å². The third-order valence-electron chi connectivity index (χ3n) is 2.19. The van der Waals surface area contributed by atoms with Crippen molar-refractivity contribution >= 4 is 49.8 Å². The normalized spacial score (nSPS) is 9.83. The van der Waals surface area contributed by atoms with Crippen molar-refractivity contribution in [3.63, 3.8) is 0 Å². The van der Waals surface area contributed by atoms with Crippen LogP contribution in [0.5, 0.6) is 0 Å². The van der Waals surface area contributed by atoms with Crippen LogP contribution in [0.15, 0.2) is 34.1 Å². The molecule has 6 heteroatoms. The number of halogens is 2. The number of carbonyl (C=O) groups is 1. The number of thiophene rings is 1. The zero-order valence-electron chi connectivity index (χ0n) is 8.91. The summed E-state index contributed by atoms with van der Waals surface area (Å²) in [7, 11) is 0. The number of anilines is 1. The Morgan fingerprint density at radius 1 is 1.44 bits per heavy atom. The van der Waals surface area contributed by atoms with E-state index in [0.29, 0.717) is 21.2 Å². The zero-order chi connectivity index (χ0) is 13.1. The molecule has 3 nitrogen and oxygen atoms in total. The van der Waals surface area contributed by atoms with Gasteiger partial charge in [0.1, 0.15) is 11.1 Å². The average Bonchev–Trinajstić information content (AvgIpc) is 2.79. The fraction of sp³-hybridized carbons (Fsp3) is 0. The van der Waals surface area contributed by atoms with Gasteiger partial charge in [-0.1, -0.05) is 11.6 Å². The van der Waals surface area contributed by atoms with E-state index in [1.807, 2.05) is 6.07 Å². The van der Waals surface area contributed by atoms with E-state index < -0.39 is 0 Å². The molecule has 0 spiro atoms. The Kier molecular flexibility index (Phi) is 4.02. The molecular weight excluding hydrogens is 336 g/mol. The fourth-order valence-corrected chi connectivity index (χ4v) is 2.47. The topological polar surface area (TPSA) is 52.9 Å². The number of amides is 1. The van der Waals surface area contributed by atoms with Gasteiger partial charge in [0.15, 0.2) is 0 Å². The van der Waals surface area contributed by atoms with Crippen LogP contribution >= 0.6 is 38.9 Å². The van der Waals surface area contributed by atoms with Crippen molar-refractivity contribution in [3.8, 4) is 6.07 Å². The van der Waals surface area contributed by atoms with Crippen molar-refractivity contribution in [1.82, 2.24) is 0 Å². The van der Waals surface area contributed by atoms with Gasteiger partial charge < -0.3 is 5.32 Å². The van der Waals surface area contributed by atoms with Crippen molar-refractivity contribution < 1.29 is 4.79 Å². The molecule has 0 saturated heterocycles. The van der Waals surface area contributed by atoms with Crippen LogP contribution in [0, 0.1) is 11.3 Å². The van der Waals surface area contributed by atoms with Crippen LogP contribution in [0.3, 0.4) is 0 Å². The number of nitrogens with zero attached hydrogens (tertiary/aromatic N) is 1. The Morgan fingerprint density at radius 3 is 2.89 bits per heavy atom. The highest BCUT2D eigenvalue weighted by Gasteiger charge is 2.11. The van der Waals surface area contributed by atoms with E-state index in [2.05, 4.69) is 21.2 Å². The van der Waals surface area contributed by atoms with E-state index in [1.54, 1.807) is 29.6 Å². The highest BCUT2D eigenvalue weighted by atomic mass is 79.9. The van der Waals surface area contributed by atoms with E-state index in [0.717, 1.165) is 4.47 Å². The van der Waals surface area contributed by atoms with Crippen LogP contribution in [0.4, 0.5) is 5.00 Å². The molecule has 1 aromatic carbocycles. The van der Waals surface area contributed by atoms with Crippen LogP contribution in [0.2, 0.25) is 5.02 Å². The summed E-state index contributed by atoms with van der Waals surface area (Å²) in [4.78, 5) is 12.0. The lowest BCUT2D eigenvalue weighted by Crippen LogP contribution is -2.11. The molecule has 0 aliphatic rings. The second-order valence-electron chi connectivity index (χ2n) is 3.36. The minimum atomic E-state index is -0.289. The summed E-state index contributed by atoms with van der Waals surface area (Å²) in [5.41, 5.74) is 0.900. The molecule has 2 aromatic rings. The number of hydrogen-bond acceptors (Lipinski definition) is 3. The number of rotatable bonds is 2. The third kappa shape index (κ3) is 2.72. The quantitative estimate of drug-likeness (QED) is 0.886. The highest BCUT2D eigenvalue weighted by molar-refractivity contribution is 9.10. The van der Waals surface area contributed by atoms with Crippen molar-refractivity contribution in [2.45, 2.75) is 0 Å². The molecule has 0 aliphatic heterocycles. The first kappa shape index (κ1) is 13.1. The highest BCUT2D eigenvalue weighted by Crippen LogP contribution is 2.25. The Balaban J connectivity index is 2.23. The Morgan fingerprint density at radius 2 is 2.22 bits per heavy atom. The second-order valence-corrected chi connectivity index (χ2v) is 5.54. The molecule has 1 N–H and O–H groups in total. The summed E-state index contributed by atoms with van der Waals surface area (Å²) in [6, 6.07) is 8.61. The molecule has 18 heavy (non-hydrogen) atoms. The SMILES string of the molecule is N#Cc1ccsc1NC(=O)c1ccc(Br)c(Cl)c1. The minimum Gasteiger partial charge on any atom is -0.312 e. The van der Waals surface area contributed by atoms with Crippen LogP contribution in [-0.4, -0.2) is 5.91 Å². The Bertz CT molecular complexity index is 648. The largest absolute Gasteiger partial charge is 0.312 e. The minimum absolute atomic E-state index is 0.289. The van der Waals surface area contributed by atoms with Crippen molar-refractivity contribution in [2.75, 3.05) is 5.32 Å². The van der Waals surface area contributed by atoms with Gasteiger partial charge in [-0.2, -0.15) is 5.26 Å². The van der Waals surface area contributed by atoms with Gasteiger partial charge in [-0.05, 0) is 45.6 Å². The molecule has 0 atom stereocenters. The summed E-state index contributed by atoms with van der Waals surface area (Å²) < 4.78 is 0.731. The molecule has 1 heterocycles. The van der Waals surface area contributed by atoms with Crippen LogP contribution in [0.1, 0.15) is 15.9 Å². The third-order valence-corrected chi connectivity index (χ3v) is 4.26. The zero-order valence-corrected chi connectivity index (χ0v) is 12.1. The monoisotopic (exact) mass is 340 g/mol. The van der Waals surface area contributed by atoms with Gasteiger partial charge in [0.2, 0.25) is 0 Å². The lowest BCUT2D eigenvalue weighted by atomic mass is 10.2. The van der Waals surface area contributed by atoms with Crippen molar-refractivity contribution in [2.24, 2.45) is 0 Å². The van der Waals surface area contributed by atoms with Gasteiger partial charge in [0, 0.05) is 10.0 Å². The average molecular weight is 342 g/mol. The van der Waals surface area contributed by atoms with Gasteiger partial charge in [-0.15, -0.1) is 11.3 Å². The smallest absolute Gasteiger partial charge is 0.256 e. The number of nitrogens with one attached hydrogen (secondary N) is 1. The summed E-state index contributed by atoms with van der Waals surface area (Å²) >= 11 is 10.5. The molecule has 0 unspecified atom stereocenters. The summed E-state index contributed by atoms with van der Waals surface area (Å²) in [6.45, 7) is 0. The van der Waals surface area contributed by atoms with Gasteiger partial charge in [-0.3, -0.25) is 4.79 Å². The number of nitriles is 1. The van der Waals surface area contributed by atoms with E-state index in [1.165, 1.54) is 11.3 Å². The maximum Gasteiger partial charge on any atom is 0.256 e. The lowest BCUT2D eigenvalue weighted by Gasteiger charge is -2.04. The van der Waals surface area contributed by atoms with E-state index >= 15 is 0 Å². The number of hydrogen-bond donors (Lipinski definition) is 1. The number of benzene rings is 1. The molecule has 1 amide bonds. The first-order valence-corrected chi connectivity index (χ1v) is 6.91. The molecule has 90 valence electrons. The van der Waals surface area contributed by atoms with Crippen molar-refractivity contribution in [3.05, 3.63) is 50.3 Å². The second kappa shape index (κ2) is 5.53. The predicted octanol–water partition coefficient (Wildman–Crippen LogP) is 4.29. The van der Waals surface area contributed by atoms with E-state index in [4.69, 9.17) is 16.9 Å². The van der Waals surface area contributed by atoms with Crippen molar-refractivity contribution in [1.29, 1.82) is 5.26 Å². The molecule has 0 bridgehead atoms. The molecule has 0 radical (unpaired) electrons. The van der Waals surface area contributed by atoms with Gasteiger partial charge in [0.05, 0.1) is 10.6 Å². The van der Waals surface area contributed by atoms with Gasteiger partial charge in [0.25, 0.3) is 5.91 Å². The number of carbonyl (C=O) groups excluding carboxylic acids is 1. The molecule has 2 rings (SSSR count). The molecule has 0 aliphatic carbocycles. The summed E-state index contributed by atoms with van der Waals surface area (Å²) in [5, 5.41) is 14.3. The maximum atomic E-state index is 12.0. The summed E-state index contributed by atoms with van der Waals surface area (Å²) in [6.07, 6.45) is 0. The first-order chi connectivity index (χ1) is 8.61. The van der Waals surface area contributed by atoms with Crippen LogP contribution in [-0.2, 0) is 0 Å². The van der Waals surface area contributed by atoms with Crippen LogP contribution < -0.4 is 5.32 Å². The molecule has 0 fully saturated rings. The Labute approximate surface area is 121 Å². The van der Waals surface area contributed by atoms with Gasteiger partial charge >= 0.3 is 0 Å². The van der Waals surface area contributed by atoms with Gasteiger partial charge in [-0.25, -0.2) is 0 Å². The predicted molar refractivity (Wildman–Crippen MR) is 76.1 cm³/mol. The van der Waals surface area contributed by atoms with E-state index in [9.17, 15) is 4.79 Å². The Hall–Kier alpha value is -1.35. The maximum absolute atomic E-state index is 12.0. The molecule has 1 aromatic heterocycles. The first-order valence-electron chi connectivity index (χ1n) is 4.86. The molecular formula is C12H6BrClN2OS. The standard InChI is InChI=1S/C12H6BrClN2OS/c13-9-2-1-7(5-10(9)14)11(17)16-12-8(6-15)3-4-18-12/h1-5H,(H,16,17).